The van der Waals surface area contributed by atoms with Crippen LogP contribution in [0.5, 0.6) is 0 Å². The van der Waals surface area contributed by atoms with Gasteiger partial charge in [0.05, 0.1) is 0 Å². The summed E-state index contributed by atoms with van der Waals surface area (Å²) in [5.41, 5.74) is 0. The van der Waals surface area contributed by atoms with Crippen LogP contribution >= 0.6 is 22.9 Å². The lowest BCUT2D eigenvalue weighted by molar-refractivity contribution is 0.606. The van der Waals surface area contributed by atoms with Gasteiger partial charge in [0, 0.05) is 16.8 Å². The summed E-state index contributed by atoms with van der Waals surface area (Å²) < 4.78 is 0. The number of thiophene rings is 1. The van der Waals surface area contributed by atoms with E-state index in [9.17, 15) is 0 Å². The Balaban J connectivity index is 2.18. The fourth-order valence-corrected chi connectivity index (χ4v) is 2.72. The predicted octanol–water partition coefficient (Wildman–Crippen LogP) is 4.11. The third kappa shape index (κ3) is 3.07. The highest BCUT2D eigenvalue weighted by atomic mass is 35.5. The van der Waals surface area contributed by atoms with Crippen molar-refractivity contribution in [3.05, 3.63) is 16.1 Å². The molecule has 0 fully saturated rings. The van der Waals surface area contributed by atoms with E-state index in [1.54, 1.807) is 11.3 Å². The van der Waals surface area contributed by atoms with Crippen LogP contribution in [0.25, 0.3) is 10.2 Å². The number of nitrogens with one attached hydrogen (secondary N) is 1. The standard InChI is InChI=1S/C12H16ClN3S/c1-7(2)4-5-14-12-15-10(13)9-6-8(3)17-11(9)16-12/h6-7H,4-5H2,1-3H3,(H,14,15,16). The number of nitrogens with zero attached hydrogens (tertiary/aromatic N) is 2. The van der Waals surface area contributed by atoms with E-state index in [2.05, 4.69) is 36.1 Å². The topological polar surface area (TPSA) is 37.8 Å². The van der Waals surface area contributed by atoms with Gasteiger partial charge < -0.3 is 5.32 Å². The van der Waals surface area contributed by atoms with Gasteiger partial charge in [-0.1, -0.05) is 25.4 Å². The zero-order valence-electron chi connectivity index (χ0n) is 10.2. The number of hydrogen-bond acceptors (Lipinski definition) is 4. The summed E-state index contributed by atoms with van der Waals surface area (Å²) >= 11 is 7.78. The number of anilines is 1. The van der Waals surface area contributed by atoms with E-state index in [1.807, 2.05) is 6.07 Å². The quantitative estimate of drug-likeness (QED) is 0.849. The Morgan fingerprint density at radius 2 is 2.18 bits per heavy atom. The molecule has 1 N–H and O–H groups in total. The summed E-state index contributed by atoms with van der Waals surface area (Å²) in [6.07, 6.45) is 1.10. The van der Waals surface area contributed by atoms with Crippen LogP contribution in [0.1, 0.15) is 25.1 Å². The van der Waals surface area contributed by atoms with Crippen LogP contribution < -0.4 is 5.32 Å². The number of hydrogen-bond donors (Lipinski definition) is 1. The number of halogens is 1. The predicted molar refractivity (Wildman–Crippen MR) is 75.1 cm³/mol. The Kier molecular flexibility index (Phi) is 3.84. The zero-order valence-corrected chi connectivity index (χ0v) is 11.8. The smallest absolute Gasteiger partial charge is 0.225 e. The summed E-state index contributed by atoms with van der Waals surface area (Å²) in [7, 11) is 0. The third-order valence-corrected chi connectivity index (χ3v) is 3.71. The molecule has 2 aromatic rings. The van der Waals surface area contributed by atoms with E-state index in [-0.39, 0.29) is 0 Å². The van der Waals surface area contributed by atoms with E-state index < -0.39 is 0 Å². The maximum absolute atomic E-state index is 6.13. The molecular weight excluding hydrogens is 254 g/mol. The second-order valence-corrected chi connectivity index (χ2v) is 6.12. The van der Waals surface area contributed by atoms with Crippen molar-refractivity contribution in [3.63, 3.8) is 0 Å². The van der Waals surface area contributed by atoms with Crippen LogP contribution in [-0.4, -0.2) is 16.5 Å². The van der Waals surface area contributed by atoms with Gasteiger partial charge in [-0.15, -0.1) is 11.3 Å². The van der Waals surface area contributed by atoms with Crippen molar-refractivity contribution in [2.75, 3.05) is 11.9 Å². The fourth-order valence-electron chi connectivity index (χ4n) is 1.56. The maximum Gasteiger partial charge on any atom is 0.225 e. The molecule has 0 unspecified atom stereocenters. The fraction of sp³-hybridized carbons (Fsp3) is 0.500. The lowest BCUT2D eigenvalue weighted by atomic mass is 10.1. The maximum atomic E-state index is 6.13. The minimum Gasteiger partial charge on any atom is -0.354 e. The summed E-state index contributed by atoms with van der Waals surface area (Å²) in [4.78, 5) is 10.9. The van der Waals surface area contributed by atoms with Crippen molar-refractivity contribution >= 4 is 39.1 Å². The van der Waals surface area contributed by atoms with Crippen molar-refractivity contribution in [2.45, 2.75) is 27.2 Å². The van der Waals surface area contributed by atoms with Crippen LogP contribution in [0.4, 0.5) is 5.95 Å². The first-order chi connectivity index (χ1) is 8.06. The average Bonchev–Trinajstić information content (AvgIpc) is 2.58. The van der Waals surface area contributed by atoms with Gasteiger partial charge >= 0.3 is 0 Å². The van der Waals surface area contributed by atoms with Crippen molar-refractivity contribution in [2.24, 2.45) is 5.92 Å². The molecule has 2 heterocycles. The van der Waals surface area contributed by atoms with E-state index in [1.165, 1.54) is 4.88 Å². The van der Waals surface area contributed by atoms with Gasteiger partial charge in [-0.25, -0.2) is 9.97 Å². The summed E-state index contributed by atoms with van der Waals surface area (Å²) in [5.74, 6) is 1.30. The van der Waals surface area contributed by atoms with Gasteiger partial charge in [0.15, 0.2) is 0 Å². The minimum absolute atomic E-state index is 0.534. The van der Waals surface area contributed by atoms with E-state index in [0.717, 1.165) is 23.2 Å². The molecule has 0 saturated heterocycles. The molecule has 0 bridgehead atoms. The summed E-state index contributed by atoms with van der Waals surface area (Å²) in [6.45, 7) is 7.32. The molecule has 0 aliphatic rings. The van der Waals surface area contributed by atoms with E-state index in [4.69, 9.17) is 11.6 Å². The van der Waals surface area contributed by atoms with Crippen molar-refractivity contribution in [1.82, 2.24) is 9.97 Å². The normalized spacial score (nSPS) is 11.4. The van der Waals surface area contributed by atoms with E-state index in [0.29, 0.717) is 17.0 Å². The van der Waals surface area contributed by atoms with Crippen LogP contribution in [0.15, 0.2) is 6.07 Å². The van der Waals surface area contributed by atoms with Gasteiger partial charge in [-0.3, -0.25) is 0 Å². The molecule has 0 radical (unpaired) electrons. The lowest BCUT2D eigenvalue weighted by Crippen LogP contribution is -2.07. The molecule has 0 amide bonds. The minimum atomic E-state index is 0.534. The van der Waals surface area contributed by atoms with E-state index >= 15 is 0 Å². The molecule has 0 spiro atoms. The van der Waals surface area contributed by atoms with Crippen LogP contribution in [0.3, 0.4) is 0 Å². The molecule has 0 aromatic carbocycles. The Morgan fingerprint density at radius 1 is 1.41 bits per heavy atom. The highest BCUT2D eigenvalue weighted by Gasteiger charge is 2.08. The Hall–Kier alpha value is -0.870. The van der Waals surface area contributed by atoms with Gasteiger partial charge in [0.1, 0.15) is 9.98 Å². The number of aryl methyl sites for hydroxylation is 1. The highest BCUT2D eigenvalue weighted by molar-refractivity contribution is 7.18. The third-order valence-electron chi connectivity index (χ3n) is 2.47. The van der Waals surface area contributed by atoms with Crippen LogP contribution in [0.2, 0.25) is 5.15 Å². The van der Waals surface area contributed by atoms with Crippen molar-refractivity contribution in [3.8, 4) is 0 Å². The molecule has 0 saturated carbocycles. The largest absolute Gasteiger partial charge is 0.354 e. The van der Waals surface area contributed by atoms with Gasteiger partial charge in [-0.05, 0) is 25.3 Å². The molecule has 0 aliphatic carbocycles. The van der Waals surface area contributed by atoms with Crippen LogP contribution in [-0.2, 0) is 0 Å². The Morgan fingerprint density at radius 3 is 2.88 bits per heavy atom. The molecule has 17 heavy (non-hydrogen) atoms. The van der Waals surface area contributed by atoms with Gasteiger partial charge in [0.25, 0.3) is 0 Å². The van der Waals surface area contributed by atoms with Crippen molar-refractivity contribution in [1.29, 1.82) is 0 Å². The summed E-state index contributed by atoms with van der Waals surface area (Å²) in [5, 5.41) is 4.70. The van der Waals surface area contributed by atoms with Gasteiger partial charge in [-0.2, -0.15) is 0 Å². The Labute approximate surface area is 110 Å². The number of rotatable bonds is 4. The molecular formula is C12H16ClN3S. The summed E-state index contributed by atoms with van der Waals surface area (Å²) in [6, 6.07) is 2.03. The second-order valence-electron chi connectivity index (χ2n) is 4.52. The SMILES string of the molecule is Cc1cc2c(Cl)nc(NCCC(C)C)nc2s1. The van der Waals surface area contributed by atoms with Gasteiger partial charge in [0.2, 0.25) is 5.95 Å². The first-order valence-electron chi connectivity index (χ1n) is 5.74. The Bertz CT molecular complexity index is 522. The number of fused-ring (bicyclic) bond motifs is 1. The monoisotopic (exact) mass is 269 g/mol. The second kappa shape index (κ2) is 5.19. The molecule has 0 aliphatic heterocycles. The van der Waals surface area contributed by atoms with Crippen LogP contribution in [0, 0.1) is 12.8 Å². The molecule has 0 atom stereocenters. The molecule has 5 heteroatoms. The molecule has 2 aromatic heterocycles. The first-order valence-corrected chi connectivity index (χ1v) is 6.93. The zero-order chi connectivity index (χ0) is 12.4. The molecule has 92 valence electrons. The lowest BCUT2D eigenvalue weighted by Gasteiger charge is -2.07. The van der Waals surface area contributed by atoms with Crippen molar-refractivity contribution < 1.29 is 0 Å². The average molecular weight is 270 g/mol. The highest BCUT2D eigenvalue weighted by Crippen LogP contribution is 2.29. The molecule has 3 nitrogen and oxygen atoms in total. The molecule has 2 rings (SSSR count). The number of aromatic nitrogens is 2. The first kappa shape index (κ1) is 12.6.